The predicted octanol–water partition coefficient (Wildman–Crippen LogP) is 6.93. The Balaban J connectivity index is 1.05. The van der Waals surface area contributed by atoms with E-state index >= 15 is 0 Å². The molecular formula is C36H33N5O4. The van der Waals surface area contributed by atoms with E-state index < -0.39 is 5.91 Å². The summed E-state index contributed by atoms with van der Waals surface area (Å²) in [5, 5.41) is 7.98. The molecule has 0 aliphatic rings. The Morgan fingerprint density at radius 2 is 1.60 bits per heavy atom. The van der Waals surface area contributed by atoms with Crippen molar-refractivity contribution < 1.29 is 18.7 Å². The maximum absolute atomic E-state index is 12.7. The molecule has 9 heteroatoms. The number of carbonyl (C=O) groups is 2. The third-order valence-corrected chi connectivity index (χ3v) is 7.47. The average molecular weight is 600 g/mol. The maximum atomic E-state index is 12.7. The highest BCUT2D eigenvalue weighted by atomic mass is 16.5. The molecule has 3 aromatic carbocycles. The number of nitrogens with zero attached hydrogens (tertiary/aromatic N) is 3. The second kappa shape index (κ2) is 12.8. The van der Waals surface area contributed by atoms with Crippen molar-refractivity contribution in [2.75, 3.05) is 5.32 Å². The number of rotatable bonds is 10. The van der Waals surface area contributed by atoms with Gasteiger partial charge in [0.05, 0.1) is 6.21 Å². The molecule has 226 valence electrons. The first-order valence-corrected chi connectivity index (χ1v) is 14.6. The number of aryl methyl sites for hydroxylation is 3. The Morgan fingerprint density at radius 3 is 2.36 bits per heavy atom. The fourth-order valence-electron chi connectivity index (χ4n) is 5.22. The van der Waals surface area contributed by atoms with Crippen LogP contribution < -0.4 is 15.5 Å². The van der Waals surface area contributed by atoms with E-state index in [1.54, 1.807) is 18.3 Å². The standard InChI is InChI=1S/C36H33N5O4/c1-24-8-12-28(13-9-24)38-35(42)22-40-21-27(32-6-4-5-7-33(32)40)20-37-39-36(43)34-19-18-31(45-34)23-44-30-16-14-29(15-17-30)41-25(2)10-11-26(41)3/h4-21H,22-23H2,1-3H3,(H,38,42)(H,39,43)/b37-20+. The minimum absolute atomic E-state index is 0.120. The number of nitrogens with one attached hydrogen (secondary N) is 2. The molecule has 0 fully saturated rings. The van der Waals surface area contributed by atoms with Gasteiger partial charge in [0.15, 0.2) is 5.76 Å². The lowest BCUT2D eigenvalue weighted by Gasteiger charge is -2.10. The highest BCUT2D eigenvalue weighted by Gasteiger charge is 2.13. The van der Waals surface area contributed by atoms with Crippen LogP contribution in [0.1, 0.15) is 38.8 Å². The fourth-order valence-corrected chi connectivity index (χ4v) is 5.22. The zero-order valence-electron chi connectivity index (χ0n) is 25.3. The Hall–Kier alpha value is -5.83. The van der Waals surface area contributed by atoms with E-state index in [1.807, 2.05) is 90.5 Å². The Morgan fingerprint density at radius 1 is 0.867 bits per heavy atom. The number of hydrazone groups is 1. The molecule has 0 aliphatic heterocycles. The second-order valence-corrected chi connectivity index (χ2v) is 10.8. The van der Waals surface area contributed by atoms with Crippen LogP contribution in [0.25, 0.3) is 16.6 Å². The number of ether oxygens (including phenoxy) is 1. The molecule has 45 heavy (non-hydrogen) atoms. The molecule has 0 bridgehead atoms. The van der Waals surface area contributed by atoms with Gasteiger partial charge in [0, 0.05) is 45.4 Å². The first kappa shape index (κ1) is 29.3. The van der Waals surface area contributed by atoms with Gasteiger partial charge in [0.2, 0.25) is 5.91 Å². The van der Waals surface area contributed by atoms with Crippen molar-refractivity contribution in [2.24, 2.45) is 5.10 Å². The van der Waals surface area contributed by atoms with Crippen LogP contribution in [0.15, 0.2) is 113 Å². The van der Waals surface area contributed by atoms with Gasteiger partial charge in [0.1, 0.15) is 24.7 Å². The number of para-hydroxylation sites is 1. The largest absolute Gasteiger partial charge is 0.486 e. The van der Waals surface area contributed by atoms with E-state index in [0.29, 0.717) is 11.5 Å². The van der Waals surface area contributed by atoms with Crippen molar-refractivity contribution >= 4 is 34.6 Å². The van der Waals surface area contributed by atoms with Gasteiger partial charge in [-0.1, -0.05) is 35.9 Å². The van der Waals surface area contributed by atoms with Gasteiger partial charge in [-0.2, -0.15) is 5.10 Å². The minimum atomic E-state index is -0.486. The van der Waals surface area contributed by atoms with Gasteiger partial charge < -0.3 is 23.6 Å². The van der Waals surface area contributed by atoms with Crippen LogP contribution in [0.4, 0.5) is 5.69 Å². The Labute approximate surface area is 260 Å². The quantitative estimate of drug-likeness (QED) is 0.132. The number of hydrogen-bond donors (Lipinski definition) is 2. The van der Waals surface area contributed by atoms with E-state index in [-0.39, 0.29) is 24.8 Å². The van der Waals surface area contributed by atoms with Crippen LogP contribution in [0.2, 0.25) is 0 Å². The SMILES string of the molecule is Cc1ccc(NC(=O)Cn2cc(/C=N/NC(=O)c3ccc(COc4ccc(-n5c(C)ccc5C)cc4)o3)c3ccccc32)cc1. The first-order chi connectivity index (χ1) is 21.8. The van der Waals surface area contributed by atoms with Crippen molar-refractivity contribution in [3.05, 3.63) is 137 Å². The second-order valence-electron chi connectivity index (χ2n) is 10.8. The molecule has 6 rings (SSSR count). The number of carbonyl (C=O) groups excluding carboxylic acids is 2. The topological polar surface area (TPSA) is 103 Å². The summed E-state index contributed by atoms with van der Waals surface area (Å²) in [5.74, 6) is 0.695. The highest BCUT2D eigenvalue weighted by Crippen LogP contribution is 2.22. The molecule has 2 N–H and O–H groups in total. The summed E-state index contributed by atoms with van der Waals surface area (Å²) >= 11 is 0. The molecule has 3 heterocycles. The van der Waals surface area contributed by atoms with E-state index in [2.05, 4.69) is 46.4 Å². The van der Waals surface area contributed by atoms with Crippen molar-refractivity contribution in [1.82, 2.24) is 14.6 Å². The maximum Gasteiger partial charge on any atom is 0.307 e. The molecule has 2 amide bonds. The summed E-state index contributed by atoms with van der Waals surface area (Å²) in [6.07, 6.45) is 3.40. The Kier molecular flexibility index (Phi) is 8.32. The van der Waals surface area contributed by atoms with E-state index in [4.69, 9.17) is 9.15 Å². The van der Waals surface area contributed by atoms with Gasteiger partial charge in [0.25, 0.3) is 0 Å². The third kappa shape index (κ3) is 6.73. The number of aromatic nitrogens is 2. The van der Waals surface area contributed by atoms with Crippen molar-refractivity contribution in [3.8, 4) is 11.4 Å². The smallest absolute Gasteiger partial charge is 0.307 e. The molecule has 0 saturated carbocycles. The van der Waals surface area contributed by atoms with Crippen molar-refractivity contribution in [3.63, 3.8) is 0 Å². The zero-order chi connectivity index (χ0) is 31.3. The molecule has 0 spiro atoms. The molecule has 9 nitrogen and oxygen atoms in total. The van der Waals surface area contributed by atoms with E-state index in [0.717, 1.165) is 44.8 Å². The number of hydrogen-bond acceptors (Lipinski definition) is 5. The van der Waals surface area contributed by atoms with Crippen molar-refractivity contribution in [2.45, 2.75) is 33.9 Å². The third-order valence-electron chi connectivity index (χ3n) is 7.47. The predicted molar refractivity (Wildman–Crippen MR) is 175 cm³/mol. The average Bonchev–Trinajstić information content (AvgIpc) is 3.75. The lowest BCUT2D eigenvalue weighted by atomic mass is 10.2. The zero-order valence-corrected chi connectivity index (χ0v) is 25.3. The van der Waals surface area contributed by atoms with Gasteiger partial charge in [-0.3, -0.25) is 9.59 Å². The summed E-state index contributed by atoms with van der Waals surface area (Å²) in [5.41, 5.74) is 9.42. The molecule has 0 atom stereocenters. The van der Waals surface area contributed by atoms with Crippen molar-refractivity contribution in [1.29, 1.82) is 0 Å². The number of benzene rings is 3. The van der Waals surface area contributed by atoms with E-state index in [9.17, 15) is 9.59 Å². The normalized spacial score (nSPS) is 11.3. The summed E-state index contributed by atoms with van der Waals surface area (Å²) in [6.45, 7) is 6.45. The van der Waals surface area contributed by atoms with Crippen LogP contribution >= 0.6 is 0 Å². The molecule has 6 aromatic rings. The molecule has 0 radical (unpaired) electrons. The Bertz CT molecular complexity index is 1980. The molecule has 0 aliphatic carbocycles. The monoisotopic (exact) mass is 599 g/mol. The molecule has 0 unspecified atom stereocenters. The van der Waals surface area contributed by atoms with Crippen LogP contribution in [0, 0.1) is 20.8 Å². The van der Waals surface area contributed by atoms with Gasteiger partial charge in [-0.25, -0.2) is 5.43 Å². The minimum Gasteiger partial charge on any atom is -0.486 e. The summed E-state index contributed by atoms with van der Waals surface area (Å²) < 4.78 is 15.6. The highest BCUT2D eigenvalue weighted by molar-refractivity contribution is 6.01. The number of fused-ring (bicyclic) bond motifs is 1. The lowest BCUT2D eigenvalue weighted by Crippen LogP contribution is -2.18. The van der Waals surface area contributed by atoms with Gasteiger partial charge in [-0.05, 0) is 87.5 Å². The number of furan rings is 1. The number of amides is 2. The summed E-state index contributed by atoms with van der Waals surface area (Å²) in [4.78, 5) is 25.5. The van der Waals surface area contributed by atoms with Gasteiger partial charge >= 0.3 is 5.91 Å². The first-order valence-electron chi connectivity index (χ1n) is 14.6. The summed E-state index contributed by atoms with van der Waals surface area (Å²) in [7, 11) is 0. The van der Waals surface area contributed by atoms with Crippen LogP contribution in [-0.2, 0) is 17.9 Å². The lowest BCUT2D eigenvalue weighted by molar-refractivity contribution is -0.116. The summed E-state index contributed by atoms with van der Waals surface area (Å²) in [6, 6.07) is 30.7. The fraction of sp³-hybridized carbons (Fsp3) is 0.139. The molecule has 0 saturated heterocycles. The molecular weight excluding hydrogens is 566 g/mol. The molecule has 3 aromatic heterocycles. The number of anilines is 1. The van der Waals surface area contributed by atoms with Crippen LogP contribution in [0.5, 0.6) is 5.75 Å². The van der Waals surface area contributed by atoms with Crippen LogP contribution in [0.3, 0.4) is 0 Å². The van der Waals surface area contributed by atoms with Gasteiger partial charge in [-0.15, -0.1) is 0 Å². The van der Waals surface area contributed by atoms with E-state index in [1.165, 1.54) is 0 Å². The van der Waals surface area contributed by atoms with Crippen LogP contribution in [-0.4, -0.2) is 27.2 Å².